The van der Waals surface area contributed by atoms with Crippen LogP contribution < -0.4 is 8.46 Å². The van der Waals surface area contributed by atoms with Gasteiger partial charge in [0.25, 0.3) is 0 Å². The topological polar surface area (TPSA) is 76.0 Å². The summed E-state index contributed by atoms with van der Waals surface area (Å²) < 4.78 is 71.3. The van der Waals surface area contributed by atoms with Crippen LogP contribution in [-0.4, -0.2) is 29.1 Å². The molecule has 0 saturated heterocycles. The fourth-order valence-corrected chi connectivity index (χ4v) is 2.02. The van der Waals surface area contributed by atoms with Crippen molar-refractivity contribution in [2.75, 3.05) is 0 Å². The Bertz CT molecular complexity index is 453. The molecule has 0 fully saturated rings. The third-order valence-electron chi connectivity index (χ3n) is 1.60. The number of rotatable bonds is 3. The first kappa shape index (κ1) is 14.0. The van der Waals surface area contributed by atoms with Gasteiger partial charge in [0.15, 0.2) is 0 Å². The molecule has 0 amide bonds. The maximum absolute atomic E-state index is 11.9. The minimum absolute atomic E-state index is 0.122. The van der Waals surface area contributed by atoms with Crippen molar-refractivity contribution in [3.63, 3.8) is 0 Å². The molecule has 9 heteroatoms. The van der Waals surface area contributed by atoms with Crippen LogP contribution in [0.5, 0.6) is 11.5 Å². The molecule has 0 aliphatic heterocycles. The Kier molecular flexibility index (Phi) is 3.80. The third-order valence-corrected chi connectivity index (χ3v) is 2.51. The van der Waals surface area contributed by atoms with E-state index in [9.17, 15) is 16.9 Å². The molecule has 0 bridgehead atoms. The van der Waals surface area contributed by atoms with Crippen molar-refractivity contribution in [3.05, 3.63) is 23.8 Å². The van der Waals surface area contributed by atoms with E-state index in [0.717, 1.165) is 18.2 Å². The van der Waals surface area contributed by atoms with E-state index in [-0.39, 0.29) is 11.3 Å². The van der Waals surface area contributed by atoms with E-state index < -0.39 is 26.6 Å². The van der Waals surface area contributed by atoms with Gasteiger partial charge in [0, 0.05) is 0 Å². The Labute approximate surface area is 97.1 Å². The number of halogens is 3. The van der Waals surface area contributed by atoms with E-state index in [1.807, 2.05) is 0 Å². The summed E-state index contributed by atoms with van der Waals surface area (Å²) in [5.41, 5.74) is 0.122. The third kappa shape index (κ3) is 5.16. The first-order valence-corrected chi connectivity index (χ1v) is 7.39. The number of hydrogen-bond donors (Lipinski definition) is 2. The summed E-state index contributed by atoms with van der Waals surface area (Å²) >= 11 is -5.33. The molecule has 0 spiro atoms. The average molecular weight is 316 g/mol. The molecular weight excluding hydrogens is 308 g/mol. The molecule has 0 aromatic heterocycles. The van der Waals surface area contributed by atoms with Crippen LogP contribution in [0.2, 0.25) is 0 Å². The molecule has 0 atom stereocenters. The van der Waals surface area contributed by atoms with Gasteiger partial charge < -0.3 is 0 Å². The van der Waals surface area contributed by atoms with Gasteiger partial charge in [-0.2, -0.15) is 0 Å². The van der Waals surface area contributed by atoms with Crippen LogP contribution in [0.15, 0.2) is 18.2 Å². The van der Waals surface area contributed by atoms with E-state index in [1.165, 1.54) is 6.92 Å². The fraction of sp³-hybridized carbons (Fsp3) is 0.250. The van der Waals surface area contributed by atoms with Crippen LogP contribution in [0.25, 0.3) is 0 Å². The van der Waals surface area contributed by atoms with Gasteiger partial charge in [-0.05, 0) is 0 Å². The van der Waals surface area contributed by atoms with Gasteiger partial charge in [0.1, 0.15) is 0 Å². The number of aryl methyl sites for hydroxylation is 1. The summed E-state index contributed by atoms with van der Waals surface area (Å²) in [6, 6.07) is 2.87. The molecule has 0 aliphatic carbocycles. The molecule has 0 saturated carbocycles. The molecule has 1 aromatic carbocycles. The van der Waals surface area contributed by atoms with Crippen molar-refractivity contribution in [3.8, 4) is 11.5 Å². The van der Waals surface area contributed by atoms with Gasteiger partial charge in [0.05, 0.1) is 0 Å². The Morgan fingerprint density at radius 1 is 1.29 bits per heavy atom. The van der Waals surface area contributed by atoms with Crippen molar-refractivity contribution in [1.82, 2.24) is 0 Å². The number of benzene rings is 1. The second-order valence-electron chi connectivity index (χ2n) is 3.06. The van der Waals surface area contributed by atoms with Crippen molar-refractivity contribution >= 4 is 14.5 Å². The van der Waals surface area contributed by atoms with Crippen molar-refractivity contribution in [2.24, 2.45) is 0 Å². The molecule has 96 valence electrons. The summed E-state index contributed by atoms with van der Waals surface area (Å²) in [6.07, 6.45) is -4.82. The molecule has 5 nitrogen and oxygen atoms in total. The fourth-order valence-electron chi connectivity index (χ4n) is 1.05. The predicted octanol–water partition coefficient (Wildman–Crippen LogP) is 1.12. The number of hydrogen-bond acceptors (Lipinski definition) is 3. The van der Waals surface area contributed by atoms with E-state index in [0.29, 0.717) is 0 Å². The van der Waals surface area contributed by atoms with E-state index in [2.05, 4.69) is 8.46 Å². The SMILES string of the molecule is Cc1cc(OC(F)(F)F)ccc1O[As](=O)(O)O. The number of ether oxygens (including phenoxy) is 1. The van der Waals surface area contributed by atoms with Crippen LogP contribution in [0.3, 0.4) is 0 Å². The standard InChI is InChI=1S/C8H8AsF3O5/c1-5-4-6(16-8(10,11)12)2-3-7(5)17-9(13,14)15/h2-4H,1H3,(H2,13,14,15). The second-order valence-corrected chi connectivity index (χ2v) is 5.50. The average Bonchev–Trinajstić information content (AvgIpc) is 2.05. The van der Waals surface area contributed by atoms with Gasteiger partial charge in [-0.25, -0.2) is 0 Å². The molecule has 0 unspecified atom stereocenters. The Morgan fingerprint density at radius 2 is 1.88 bits per heavy atom. The molecule has 0 heterocycles. The van der Waals surface area contributed by atoms with Crippen molar-refractivity contribution < 1.29 is 33.6 Å². The first-order chi connectivity index (χ1) is 7.57. The van der Waals surface area contributed by atoms with Crippen molar-refractivity contribution in [2.45, 2.75) is 13.3 Å². The molecule has 1 rings (SSSR count). The number of alkyl halides is 3. The van der Waals surface area contributed by atoms with Gasteiger partial charge in [-0.1, -0.05) is 0 Å². The summed E-state index contributed by atoms with van der Waals surface area (Å²) in [6.45, 7) is 1.34. The Balaban J connectivity index is 2.91. The quantitative estimate of drug-likeness (QED) is 0.818. The zero-order valence-corrected chi connectivity index (χ0v) is 10.3. The van der Waals surface area contributed by atoms with E-state index >= 15 is 0 Å². The zero-order chi connectivity index (χ0) is 13.3. The Hall–Kier alpha value is -1.11. The van der Waals surface area contributed by atoms with Crippen LogP contribution in [-0.2, 0) is 3.74 Å². The normalized spacial score (nSPS) is 12.4. The second kappa shape index (κ2) is 4.64. The first-order valence-electron chi connectivity index (χ1n) is 4.18. The summed E-state index contributed by atoms with van der Waals surface area (Å²) in [4.78, 5) is 0. The molecule has 0 aliphatic rings. The van der Waals surface area contributed by atoms with Crippen LogP contribution >= 0.6 is 0 Å². The molecular formula is C8H8AsF3O5. The van der Waals surface area contributed by atoms with Crippen LogP contribution in [0.1, 0.15) is 5.56 Å². The van der Waals surface area contributed by atoms with Gasteiger partial charge in [-0.3, -0.25) is 0 Å². The van der Waals surface area contributed by atoms with Crippen LogP contribution in [0.4, 0.5) is 13.2 Å². The van der Waals surface area contributed by atoms with Gasteiger partial charge >= 0.3 is 96.6 Å². The van der Waals surface area contributed by atoms with E-state index in [1.54, 1.807) is 0 Å². The maximum atomic E-state index is 11.9. The van der Waals surface area contributed by atoms with Gasteiger partial charge in [0.2, 0.25) is 0 Å². The Morgan fingerprint density at radius 3 is 2.29 bits per heavy atom. The minimum atomic E-state index is -5.33. The predicted molar refractivity (Wildman–Crippen MR) is 49.4 cm³/mol. The monoisotopic (exact) mass is 316 g/mol. The summed E-state index contributed by atoms with van der Waals surface area (Å²) in [5.74, 6) is -0.674. The molecule has 0 radical (unpaired) electrons. The summed E-state index contributed by atoms with van der Waals surface area (Å²) in [7, 11) is 0. The molecule has 17 heavy (non-hydrogen) atoms. The van der Waals surface area contributed by atoms with E-state index in [4.69, 9.17) is 8.19 Å². The summed E-state index contributed by atoms with van der Waals surface area (Å²) in [5, 5.41) is 0. The zero-order valence-electron chi connectivity index (χ0n) is 8.43. The van der Waals surface area contributed by atoms with Crippen molar-refractivity contribution in [1.29, 1.82) is 0 Å². The van der Waals surface area contributed by atoms with Crippen LogP contribution in [0, 0.1) is 6.92 Å². The molecule has 1 aromatic rings. The molecule has 2 N–H and O–H groups in total. The van der Waals surface area contributed by atoms with Gasteiger partial charge in [-0.15, -0.1) is 0 Å².